The molecule has 0 aliphatic carbocycles. The van der Waals surface area contributed by atoms with E-state index in [1.165, 1.54) is 0 Å². The van der Waals surface area contributed by atoms with Crippen LogP contribution >= 0.6 is 7.60 Å². The van der Waals surface area contributed by atoms with Crippen LogP contribution in [0, 0.1) is 5.92 Å². The second-order valence-electron chi connectivity index (χ2n) is 5.61. The molecule has 9 heteroatoms. The van der Waals surface area contributed by atoms with Crippen LogP contribution in [0.1, 0.15) is 46.0 Å². The molecule has 7 nitrogen and oxygen atoms in total. The maximum absolute atomic E-state index is 13.9. The Morgan fingerprint density at radius 2 is 1.44 bits per heavy atom. The minimum Gasteiger partial charge on any atom is -0.469 e. The zero-order valence-corrected chi connectivity index (χ0v) is 16.4. The summed E-state index contributed by atoms with van der Waals surface area (Å²) in [7, 11) is -1.43. The number of ether oxygens (including phenoxy) is 2. The Labute approximate surface area is 149 Å². The van der Waals surface area contributed by atoms with Gasteiger partial charge in [0.25, 0.3) is 0 Å². The lowest BCUT2D eigenvalue weighted by Crippen LogP contribution is -2.29. The minimum atomic E-state index is -3.62. The van der Waals surface area contributed by atoms with Crippen LogP contribution in [0.15, 0.2) is 0 Å². The molecule has 0 N–H and O–H groups in total. The molecule has 0 bridgehead atoms. The Morgan fingerprint density at radius 3 is 1.84 bits per heavy atom. The zero-order valence-electron chi connectivity index (χ0n) is 15.5. The van der Waals surface area contributed by atoms with E-state index in [9.17, 15) is 18.5 Å². The SMILES string of the molecule is CCCCOP(=O)(C[C@@H](C[C@H](F)C(=O)OC)C(=O)OC)OCCCC. The summed E-state index contributed by atoms with van der Waals surface area (Å²) >= 11 is 0. The van der Waals surface area contributed by atoms with E-state index in [-0.39, 0.29) is 19.4 Å². The Kier molecular flexibility index (Phi) is 12.7. The average Bonchev–Trinajstić information content (AvgIpc) is 2.60. The van der Waals surface area contributed by atoms with Crippen molar-refractivity contribution in [2.75, 3.05) is 33.6 Å². The molecule has 0 aliphatic heterocycles. The van der Waals surface area contributed by atoms with Crippen molar-refractivity contribution in [1.29, 1.82) is 0 Å². The first-order valence-corrected chi connectivity index (χ1v) is 10.2. The molecule has 0 aromatic carbocycles. The first-order chi connectivity index (χ1) is 11.8. The van der Waals surface area contributed by atoms with Crippen LogP contribution in [0.3, 0.4) is 0 Å². The van der Waals surface area contributed by atoms with Gasteiger partial charge in [0.15, 0.2) is 6.17 Å². The molecule has 0 fully saturated rings. The lowest BCUT2D eigenvalue weighted by molar-refractivity contribution is -0.150. The molecule has 0 rings (SSSR count). The predicted octanol–water partition coefficient (Wildman–Crippen LogP) is 3.50. The van der Waals surface area contributed by atoms with Gasteiger partial charge in [-0.05, 0) is 12.8 Å². The fourth-order valence-corrected chi connectivity index (χ4v) is 3.93. The van der Waals surface area contributed by atoms with Crippen LogP contribution in [-0.4, -0.2) is 51.7 Å². The number of carbonyl (C=O) groups is 2. The highest BCUT2D eigenvalue weighted by atomic mass is 31.2. The maximum atomic E-state index is 13.9. The van der Waals surface area contributed by atoms with Gasteiger partial charge in [-0.25, -0.2) is 9.18 Å². The summed E-state index contributed by atoms with van der Waals surface area (Å²) in [6.07, 6.45) is 0.167. The van der Waals surface area contributed by atoms with E-state index >= 15 is 0 Å². The van der Waals surface area contributed by atoms with Crippen LogP contribution in [0.5, 0.6) is 0 Å². The Morgan fingerprint density at radius 1 is 0.960 bits per heavy atom. The number of methoxy groups -OCH3 is 2. The van der Waals surface area contributed by atoms with Gasteiger partial charge in [-0.15, -0.1) is 0 Å². The van der Waals surface area contributed by atoms with Gasteiger partial charge in [0, 0.05) is 6.42 Å². The van der Waals surface area contributed by atoms with Gasteiger partial charge >= 0.3 is 19.5 Å². The fraction of sp³-hybridized carbons (Fsp3) is 0.875. The Hall–Kier alpha value is -0.980. The normalized spacial score (nSPS) is 14.0. The van der Waals surface area contributed by atoms with E-state index in [0.29, 0.717) is 12.8 Å². The van der Waals surface area contributed by atoms with Crippen molar-refractivity contribution in [2.45, 2.75) is 52.1 Å². The molecular formula is C16H30FO7P. The topological polar surface area (TPSA) is 88.1 Å². The zero-order chi connectivity index (χ0) is 19.3. The van der Waals surface area contributed by atoms with Gasteiger partial charge in [-0.1, -0.05) is 26.7 Å². The van der Waals surface area contributed by atoms with E-state index in [4.69, 9.17) is 9.05 Å². The molecule has 0 aromatic heterocycles. The number of halogens is 1. The largest absolute Gasteiger partial charge is 0.469 e. The van der Waals surface area contributed by atoms with Crippen molar-refractivity contribution in [3.05, 3.63) is 0 Å². The van der Waals surface area contributed by atoms with Crippen LogP contribution in [-0.2, 0) is 32.7 Å². The van der Waals surface area contributed by atoms with Crippen LogP contribution in [0.4, 0.5) is 4.39 Å². The van der Waals surface area contributed by atoms with Crippen molar-refractivity contribution < 1.29 is 37.1 Å². The van der Waals surface area contributed by atoms with Crippen LogP contribution in [0.2, 0.25) is 0 Å². The third kappa shape index (κ3) is 9.92. The Bertz CT molecular complexity index is 430. The molecule has 0 unspecified atom stereocenters. The molecule has 0 aromatic rings. The molecule has 0 aliphatic rings. The van der Waals surface area contributed by atoms with E-state index in [2.05, 4.69) is 9.47 Å². The second kappa shape index (κ2) is 13.3. The second-order valence-corrected chi connectivity index (χ2v) is 7.72. The quantitative estimate of drug-likeness (QED) is 0.257. The summed E-state index contributed by atoms with van der Waals surface area (Å²) in [5.41, 5.74) is 0. The molecule has 25 heavy (non-hydrogen) atoms. The third-order valence-electron chi connectivity index (χ3n) is 3.50. The van der Waals surface area contributed by atoms with Gasteiger partial charge < -0.3 is 18.5 Å². The number of hydrogen-bond donors (Lipinski definition) is 0. The molecule has 0 heterocycles. The first-order valence-electron chi connectivity index (χ1n) is 8.51. The first kappa shape index (κ1) is 24.0. The lowest BCUT2D eigenvalue weighted by atomic mass is 10.0. The summed E-state index contributed by atoms with van der Waals surface area (Å²) in [5.74, 6) is -3.00. The van der Waals surface area contributed by atoms with E-state index in [1.54, 1.807) is 0 Å². The molecule has 0 saturated heterocycles. The summed E-state index contributed by atoms with van der Waals surface area (Å²) in [5, 5.41) is 0. The summed E-state index contributed by atoms with van der Waals surface area (Å²) in [4.78, 5) is 23.2. The summed E-state index contributed by atoms with van der Waals surface area (Å²) < 4.78 is 46.5. The highest BCUT2D eigenvalue weighted by Gasteiger charge is 2.36. The third-order valence-corrected chi connectivity index (χ3v) is 5.54. The van der Waals surface area contributed by atoms with E-state index in [0.717, 1.165) is 27.1 Å². The van der Waals surface area contributed by atoms with Crippen molar-refractivity contribution >= 4 is 19.5 Å². The van der Waals surface area contributed by atoms with Gasteiger partial charge in [0.1, 0.15) is 0 Å². The van der Waals surface area contributed by atoms with Gasteiger partial charge in [-0.2, -0.15) is 0 Å². The number of hydrogen-bond acceptors (Lipinski definition) is 7. The number of esters is 2. The molecule has 148 valence electrons. The number of alkyl halides is 1. The molecular weight excluding hydrogens is 354 g/mol. The van der Waals surface area contributed by atoms with E-state index in [1.807, 2.05) is 13.8 Å². The van der Waals surface area contributed by atoms with Gasteiger partial charge in [-0.3, -0.25) is 9.36 Å². The molecule has 2 atom stereocenters. The fourth-order valence-electron chi connectivity index (χ4n) is 1.99. The van der Waals surface area contributed by atoms with Crippen molar-refractivity contribution in [3.63, 3.8) is 0 Å². The van der Waals surface area contributed by atoms with Crippen LogP contribution < -0.4 is 0 Å². The van der Waals surface area contributed by atoms with E-state index < -0.39 is 38.0 Å². The number of carbonyl (C=O) groups excluding carboxylic acids is 2. The average molecular weight is 384 g/mol. The number of rotatable bonds is 14. The van der Waals surface area contributed by atoms with Gasteiger partial charge in [0.2, 0.25) is 0 Å². The Balaban J connectivity index is 5.11. The maximum Gasteiger partial charge on any atom is 0.340 e. The minimum absolute atomic E-state index is 0.212. The van der Waals surface area contributed by atoms with Crippen molar-refractivity contribution in [1.82, 2.24) is 0 Å². The highest BCUT2D eigenvalue weighted by molar-refractivity contribution is 7.53. The highest BCUT2D eigenvalue weighted by Crippen LogP contribution is 2.51. The lowest BCUT2D eigenvalue weighted by Gasteiger charge is -2.23. The molecule has 0 amide bonds. The van der Waals surface area contributed by atoms with Crippen molar-refractivity contribution in [2.24, 2.45) is 5.92 Å². The molecule has 0 radical (unpaired) electrons. The standard InChI is InChI=1S/C16H30FO7P/c1-5-7-9-23-25(20,24-10-8-6-2)12-13(15(18)21-3)11-14(17)16(19)22-4/h13-14H,5-12H2,1-4H3/t13-,14+/m1/s1. The summed E-state index contributed by atoms with van der Waals surface area (Å²) in [6, 6.07) is 0. The monoisotopic (exact) mass is 384 g/mol. The number of unbranched alkanes of at least 4 members (excludes halogenated alkanes) is 2. The molecule has 0 spiro atoms. The smallest absolute Gasteiger partial charge is 0.340 e. The van der Waals surface area contributed by atoms with Gasteiger partial charge in [0.05, 0.1) is 39.5 Å². The predicted molar refractivity (Wildman–Crippen MR) is 91.2 cm³/mol. The van der Waals surface area contributed by atoms with Crippen LogP contribution in [0.25, 0.3) is 0 Å². The van der Waals surface area contributed by atoms with Crippen molar-refractivity contribution in [3.8, 4) is 0 Å². The molecule has 0 saturated carbocycles. The summed E-state index contributed by atoms with van der Waals surface area (Å²) in [6.45, 7) is 4.33.